The normalized spacial score (nSPS) is 16.9. The molecule has 1 atom stereocenters. The summed E-state index contributed by atoms with van der Waals surface area (Å²) in [6.45, 7) is 3.97. The summed E-state index contributed by atoms with van der Waals surface area (Å²) in [5.41, 5.74) is 0.648. The van der Waals surface area contributed by atoms with E-state index in [9.17, 15) is 9.90 Å². The number of rotatable bonds is 5. The van der Waals surface area contributed by atoms with Gasteiger partial charge < -0.3 is 14.7 Å². The number of fused-ring (bicyclic) bond motifs is 1. The molecule has 1 aliphatic heterocycles. The number of β-amino-alcohol motifs (C(OH)–C–C–N with tert-alkyl or cyclic N) is 1. The van der Waals surface area contributed by atoms with E-state index >= 15 is 0 Å². The van der Waals surface area contributed by atoms with Crippen molar-refractivity contribution in [2.45, 2.75) is 6.10 Å². The molecule has 1 fully saturated rings. The summed E-state index contributed by atoms with van der Waals surface area (Å²) in [6, 6.07) is 13.7. The third-order valence-corrected chi connectivity index (χ3v) is 4.40. The summed E-state index contributed by atoms with van der Waals surface area (Å²) in [7, 11) is 1.74. The fraction of sp³-hybridized carbons (Fsp3) is 0.421. The molecule has 128 valence electrons. The topological polar surface area (TPSA) is 53.0 Å². The molecule has 1 aliphatic rings. The number of morpholine rings is 1. The van der Waals surface area contributed by atoms with Crippen LogP contribution >= 0.6 is 0 Å². The maximum atomic E-state index is 12.6. The second kappa shape index (κ2) is 7.75. The minimum absolute atomic E-state index is 0.0678. The van der Waals surface area contributed by atoms with Crippen LogP contribution < -0.4 is 0 Å². The van der Waals surface area contributed by atoms with Gasteiger partial charge in [-0.2, -0.15) is 0 Å². The van der Waals surface area contributed by atoms with E-state index in [1.165, 1.54) is 0 Å². The highest BCUT2D eigenvalue weighted by atomic mass is 16.5. The average molecular weight is 328 g/mol. The lowest BCUT2D eigenvalue weighted by atomic mass is 10.1. The van der Waals surface area contributed by atoms with Gasteiger partial charge in [0, 0.05) is 38.8 Å². The van der Waals surface area contributed by atoms with Crippen molar-refractivity contribution >= 4 is 16.7 Å². The molecule has 2 aromatic carbocycles. The molecule has 0 bridgehead atoms. The van der Waals surface area contributed by atoms with E-state index in [4.69, 9.17) is 4.74 Å². The van der Waals surface area contributed by atoms with Gasteiger partial charge in [-0.05, 0) is 22.9 Å². The third-order valence-electron chi connectivity index (χ3n) is 4.40. The second-order valence-electron chi connectivity index (χ2n) is 6.31. The number of hydrogen-bond acceptors (Lipinski definition) is 4. The van der Waals surface area contributed by atoms with E-state index in [1.54, 1.807) is 11.9 Å². The zero-order valence-corrected chi connectivity index (χ0v) is 14.0. The largest absolute Gasteiger partial charge is 0.390 e. The lowest BCUT2D eigenvalue weighted by molar-refractivity contribution is 0.00879. The Morgan fingerprint density at radius 2 is 1.92 bits per heavy atom. The van der Waals surface area contributed by atoms with Crippen molar-refractivity contribution in [3.63, 3.8) is 0 Å². The van der Waals surface area contributed by atoms with Crippen molar-refractivity contribution in [1.82, 2.24) is 9.80 Å². The van der Waals surface area contributed by atoms with Crippen molar-refractivity contribution in [3.8, 4) is 0 Å². The third kappa shape index (κ3) is 4.12. The number of aliphatic hydroxyl groups is 1. The zero-order chi connectivity index (χ0) is 16.9. The van der Waals surface area contributed by atoms with Crippen LogP contribution in [0, 0.1) is 0 Å². The van der Waals surface area contributed by atoms with Crippen LogP contribution in [-0.4, -0.2) is 73.4 Å². The molecule has 24 heavy (non-hydrogen) atoms. The van der Waals surface area contributed by atoms with E-state index in [2.05, 4.69) is 4.90 Å². The molecular formula is C19H24N2O3. The fourth-order valence-electron chi connectivity index (χ4n) is 3.08. The SMILES string of the molecule is CN(CC(O)CN1CCOCC1)C(=O)c1ccc2ccccc2c1. The van der Waals surface area contributed by atoms with E-state index in [1.807, 2.05) is 42.5 Å². The molecule has 1 saturated heterocycles. The molecule has 1 amide bonds. The maximum absolute atomic E-state index is 12.6. The molecule has 5 heteroatoms. The highest BCUT2D eigenvalue weighted by Crippen LogP contribution is 2.16. The van der Waals surface area contributed by atoms with Crippen molar-refractivity contribution in [1.29, 1.82) is 0 Å². The molecule has 0 aliphatic carbocycles. The van der Waals surface area contributed by atoms with Gasteiger partial charge in [-0.1, -0.05) is 30.3 Å². The lowest BCUT2D eigenvalue weighted by Crippen LogP contribution is -2.45. The van der Waals surface area contributed by atoms with Gasteiger partial charge in [0.25, 0.3) is 5.91 Å². The second-order valence-corrected chi connectivity index (χ2v) is 6.31. The number of likely N-dealkylation sites (N-methyl/N-ethyl adjacent to an activating group) is 1. The molecule has 0 saturated carbocycles. The Morgan fingerprint density at radius 1 is 1.21 bits per heavy atom. The Morgan fingerprint density at radius 3 is 2.67 bits per heavy atom. The minimum Gasteiger partial charge on any atom is -0.390 e. The molecule has 0 radical (unpaired) electrons. The number of hydrogen-bond donors (Lipinski definition) is 1. The Balaban J connectivity index is 1.60. The summed E-state index contributed by atoms with van der Waals surface area (Å²) in [4.78, 5) is 16.4. The van der Waals surface area contributed by atoms with Gasteiger partial charge in [0.05, 0.1) is 19.3 Å². The van der Waals surface area contributed by atoms with Gasteiger partial charge in [0.15, 0.2) is 0 Å². The summed E-state index contributed by atoms with van der Waals surface area (Å²) in [5, 5.41) is 12.4. The summed E-state index contributed by atoms with van der Waals surface area (Å²) in [6.07, 6.45) is -0.558. The van der Waals surface area contributed by atoms with Gasteiger partial charge in [0.1, 0.15) is 0 Å². The van der Waals surface area contributed by atoms with Crippen LogP contribution in [0.25, 0.3) is 10.8 Å². The molecule has 5 nitrogen and oxygen atoms in total. The first-order valence-corrected chi connectivity index (χ1v) is 8.36. The predicted molar refractivity (Wildman–Crippen MR) is 94.2 cm³/mol. The van der Waals surface area contributed by atoms with Crippen molar-refractivity contribution in [3.05, 3.63) is 48.0 Å². The minimum atomic E-state index is -0.558. The van der Waals surface area contributed by atoms with Crippen LogP contribution in [0.3, 0.4) is 0 Å². The number of aliphatic hydroxyl groups excluding tert-OH is 1. The highest BCUT2D eigenvalue weighted by molar-refractivity contribution is 5.98. The first kappa shape index (κ1) is 16.9. The summed E-state index contributed by atoms with van der Waals surface area (Å²) < 4.78 is 5.31. The van der Waals surface area contributed by atoms with E-state index in [-0.39, 0.29) is 5.91 Å². The molecule has 2 aromatic rings. The fourth-order valence-corrected chi connectivity index (χ4v) is 3.08. The van der Waals surface area contributed by atoms with Gasteiger partial charge in [-0.15, -0.1) is 0 Å². The van der Waals surface area contributed by atoms with E-state index in [0.29, 0.717) is 31.9 Å². The van der Waals surface area contributed by atoms with Gasteiger partial charge in [0.2, 0.25) is 0 Å². The van der Waals surface area contributed by atoms with Gasteiger partial charge in [-0.3, -0.25) is 9.69 Å². The molecule has 1 unspecified atom stereocenters. The quantitative estimate of drug-likeness (QED) is 0.906. The first-order valence-electron chi connectivity index (χ1n) is 8.36. The first-order chi connectivity index (χ1) is 11.6. The standard InChI is InChI=1S/C19H24N2O3/c1-20(13-18(22)14-21-8-10-24-11-9-21)19(23)17-7-6-15-4-2-3-5-16(15)12-17/h2-7,12,18,22H,8-11,13-14H2,1H3. The predicted octanol–water partition coefficient (Wildman–Crippen LogP) is 1.60. The van der Waals surface area contributed by atoms with Crippen LogP contribution in [0.5, 0.6) is 0 Å². The van der Waals surface area contributed by atoms with Crippen LogP contribution in [0.2, 0.25) is 0 Å². The number of ether oxygens (including phenoxy) is 1. The number of amides is 1. The number of nitrogens with zero attached hydrogens (tertiary/aromatic N) is 2. The molecule has 3 rings (SSSR count). The lowest BCUT2D eigenvalue weighted by Gasteiger charge is -2.30. The average Bonchev–Trinajstić information content (AvgIpc) is 2.61. The van der Waals surface area contributed by atoms with Crippen molar-refractivity contribution in [2.24, 2.45) is 0 Å². The Bertz CT molecular complexity index is 698. The van der Waals surface area contributed by atoms with Crippen LogP contribution in [0.15, 0.2) is 42.5 Å². The Hall–Kier alpha value is -1.95. The maximum Gasteiger partial charge on any atom is 0.253 e. The molecule has 0 spiro atoms. The Kier molecular flexibility index (Phi) is 5.45. The summed E-state index contributed by atoms with van der Waals surface area (Å²) >= 11 is 0. The highest BCUT2D eigenvalue weighted by Gasteiger charge is 2.19. The van der Waals surface area contributed by atoms with Crippen molar-refractivity contribution < 1.29 is 14.6 Å². The molecule has 0 aromatic heterocycles. The van der Waals surface area contributed by atoms with Crippen LogP contribution in [-0.2, 0) is 4.74 Å². The van der Waals surface area contributed by atoms with Gasteiger partial charge >= 0.3 is 0 Å². The van der Waals surface area contributed by atoms with E-state index < -0.39 is 6.10 Å². The summed E-state index contributed by atoms with van der Waals surface area (Å²) in [5.74, 6) is -0.0678. The van der Waals surface area contributed by atoms with Crippen molar-refractivity contribution in [2.75, 3.05) is 46.4 Å². The van der Waals surface area contributed by atoms with E-state index in [0.717, 1.165) is 23.9 Å². The van der Waals surface area contributed by atoms with Crippen LogP contribution in [0.4, 0.5) is 0 Å². The number of carbonyl (C=O) groups excluding carboxylic acids is 1. The molecule has 1 heterocycles. The van der Waals surface area contributed by atoms with Gasteiger partial charge in [-0.25, -0.2) is 0 Å². The smallest absolute Gasteiger partial charge is 0.253 e. The molecular weight excluding hydrogens is 304 g/mol. The monoisotopic (exact) mass is 328 g/mol. The Labute approximate surface area is 142 Å². The van der Waals surface area contributed by atoms with Crippen LogP contribution in [0.1, 0.15) is 10.4 Å². The zero-order valence-electron chi connectivity index (χ0n) is 14.0. The number of carbonyl (C=O) groups is 1. The number of benzene rings is 2. The molecule has 1 N–H and O–H groups in total.